The van der Waals surface area contributed by atoms with E-state index in [0.717, 1.165) is 0 Å². The Morgan fingerprint density at radius 2 is 1.74 bits per heavy atom. The van der Waals surface area contributed by atoms with E-state index in [1.54, 1.807) is 30.3 Å². The van der Waals surface area contributed by atoms with Gasteiger partial charge >= 0.3 is 0 Å². The summed E-state index contributed by atoms with van der Waals surface area (Å²) in [5.74, 6) is 0.245. The van der Waals surface area contributed by atoms with Gasteiger partial charge < -0.3 is 0 Å². The largest absolute Gasteiger partial charge is 0.268 e. The highest BCUT2D eigenvalue weighted by molar-refractivity contribution is 6.35. The molecule has 3 nitrogen and oxygen atoms in total. The standard InChI is InChI=1S/C18H16ClFN2O/c1-18(2,3)17-21-14-6-4-5-13(19)15(14)16(23)22(17)12-9-7-11(20)8-10-12/h4-10H,1-3H3. The molecule has 0 atom stereocenters. The summed E-state index contributed by atoms with van der Waals surface area (Å²) in [5, 5.41) is 0.725. The smallest absolute Gasteiger partial charge is 0.267 e. The third-order valence-corrected chi connectivity index (χ3v) is 3.92. The lowest BCUT2D eigenvalue weighted by Crippen LogP contribution is -2.30. The van der Waals surface area contributed by atoms with E-state index >= 15 is 0 Å². The van der Waals surface area contributed by atoms with Gasteiger partial charge in [0.1, 0.15) is 11.6 Å². The molecule has 0 amide bonds. The van der Waals surface area contributed by atoms with E-state index in [9.17, 15) is 9.18 Å². The predicted molar refractivity (Wildman–Crippen MR) is 91.0 cm³/mol. The molecule has 0 fully saturated rings. The monoisotopic (exact) mass is 330 g/mol. The Hall–Kier alpha value is -2.20. The van der Waals surface area contributed by atoms with Crippen LogP contribution in [0.1, 0.15) is 26.6 Å². The second-order valence-electron chi connectivity index (χ2n) is 6.44. The van der Waals surface area contributed by atoms with Crippen LogP contribution in [-0.4, -0.2) is 9.55 Å². The second kappa shape index (κ2) is 5.46. The zero-order valence-electron chi connectivity index (χ0n) is 13.1. The van der Waals surface area contributed by atoms with Crippen molar-refractivity contribution in [2.24, 2.45) is 0 Å². The molecule has 0 saturated heterocycles. The summed E-state index contributed by atoms with van der Waals surface area (Å²) < 4.78 is 14.7. The maximum atomic E-state index is 13.2. The number of nitrogens with zero attached hydrogens (tertiary/aromatic N) is 2. The average Bonchev–Trinajstić information content (AvgIpc) is 2.47. The first-order valence-electron chi connectivity index (χ1n) is 7.27. The molecule has 1 heterocycles. The summed E-state index contributed by atoms with van der Waals surface area (Å²) in [6.45, 7) is 5.93. The first-order valence-corrected chi connectivity index (χ1v) is 7.64. The van der Waals surface area contributed by atoms with Gasteiger partial charge in [0.05, 0.1) is 21.6 Å². The average molecular weight is 331 g/mol. The number of hydrogen-bond acceptors (Lipinski definition) is 2. The van der Waals surface area contributed by atoms with E-state index < -0.39 is 0 Å². The fraction of sp³-hybridized carbons (Fsp3) is 0.222. The van der Waals surface area contributed by atoms with E-state index in [0.29, 0.717) is 27.4 Å². The molecule has 0 saturated carbocycles. The SMILES string of the molecule is CC(C)(C)c1nc2cccc(Cl)c2c(=O)n1-c1ccc(F)cc1. The molecule has 0 N–H and O–H groups in total. The van der Waals surface area contributed by atoms with E-state index in [1.807, 2.05) is 20.8 Å². The lowest BCUT2D eigenvalue weighted by molar-refractivity contribution is 0.526. The van der Waals surface area contributed by atoms with Crippen LogP contribution in [0.2, 0.25) is 5.02 Å². The number of rotatable bonds is 1. The summed E-state index contributed by atoms with van der Waals surface area (Å²) in [7, 11) is 0. The van der Waals surface area contributed by atoms with Crippen molar-refractivity contribution in [1.82, 2.24) is 9.55 Å². The molecule has 3 rings (SSSR count). The van der Waals surface area contributed by atoms with Gasteiger partial charge in [0.2, 0.25) is 0 Å². The number of hydrogen-bond donors (Lipinski definition) is 0. The van der Waals surface area contributed by atoms with Gasteiger partial charge in [0.15, 0.2) is 0 Å². The molecule has 2 aromatic carbocycles. The molecule has 0 spiro atoms. The van der Waals surface area contributed by atoms with Crippen molar-refractivity contribution in [1.29, 1.82) is 0 Å². The van der Waals surface area contributed by atoms with Gasteiger partial charge in [0, 0.05) is 5.41 Å². The van der Waals surface area contributed by atoms with Crippen LogP contribution in [0.25, 0.3) is 16.6 Å². The first-order chi connectivity index (χ1) is 10.8. The van der Waals surface area contributed by atoms with Crippen molar-refractivity contribution in [3.8, 4) is 5.69 Å². The lowest BCUT2D eigenvalue weighted by Gasteiger charge is -2.23. The Kier molecular flexibility index (Phi) is 3.72. The number of aromatic nitrogens is 2. The van der Waals surface area contributed by atoms with Crippen LogP contribution < -0.4 is 5.56 Å². The molecule has 118 valence electrons. The molecule has 0 aliphatic heterocycles. The molecule has 1 aromatic heterocycles. The Balaban J connectivity index is 2.47. The highest BCUT2D eigenvalue weighted by Crippen LogP contribution is 2.26. The summed E-state index contributed by atoms with van der Waals surface area (Å²) in [5.41, 5.74) is 0.503. The van der Waals surface area contributed by atoms with Crippen molar-refractivity contribution in [3.05, 3.63) is 69.5 Å². The highest BCUT2D eigenvalue weighted by atomic mass is 35.5. The molecule has 0 unspecified atom stereocenters. The first kappa shape index (κ1) is 15.7. The van der Waals surface area contributed by atoms with E-state index in [2.05, 4.69) is 4.98 Å². The van der Waals surface area contributed by atoms with Gasteiger partial charge in [-0.05, 0) is 36.4 Å². The van der Waals surface area contributed by atoms with Crippen molar-refractivity contribution >= 4 is 22.5 Å². The zero-order chi connectivity index (χ0) is 16.8. The maximum absolute atomic E-state index is 13.2. The van der Waals surface area contributed by atoms with Crippen LogP contribution in [-0.2, 0) is 5.41 Å². The van der Waals surface area contributed by atoms with Crippen LogP contribution in [0.15, 0.2) is 47.3 Å². The highest BCUT2D eigenvalue weighted by Gasteiger charge is 2.24. The van der Waals surface area contributed by atoms with Gasteiger partial charge in [-0.15, -0.1) is 0 Å². The summed E-state index contributed by atoms with van der Waals surface area (Å²) in [6.07, 6.45) is 0. The second-order valence-corrected chi connectivity index (χ2v) is 6.84. The van der Waals surface area contributed by atoms with Crippen molar-refractivity contribution in [2.45, 2.75) is 26.2 Å². The molecule has 0 aliphatic rings. The molecule has 0 bridgehead atoms. The van der Waals surface area contributed by atoms with Gasteiger partial charge in [-0.1, -0.05) is 38.4 Å². The number of benzene rings is 2. The van der Waals surface area contributed by atoms with Gasteiger partial charge in [-0.2, -0.15) is 0 Å². The quantitative estimate of drug-likeness (QED) is 0.659. The fourth-order valence-electron chi connectivity index (χ4n) is 2.52. The third-order valence-electron chi connectivity index (χ3n) is 3.60. The topological polar surface area (TPSA) is 34.9 Å². The Bertz CT molecular complexity index is 940. The number of fused-ring (bicyclic) bond motifs is 1. The lowest BCUT2D eigenvalue weighted by atomic mass is 9.94. The summed E-state index contributed by atoms with van der Waals surface area (Å²) in [4.78, 5) is 17.7. The molecule has 5 heteroatoms. The van der Waals surface area contributed by atoms with Gasteiger partial charge in [-0.3, -0.25) is 9.36 Å². The molecule has 0 aliphatic carbocycles. The van der Waals surface area contributed by atoms with Crippen molar-refractivity contribution in [2.75, 3.05) is 0 Å². The van der Waals surface area contributed by atoms with Gasteiger partial charge in [0.25, 0.3) is 5.56 Å². The normalized spacial score (nSPS) is 11.9. The minimum atomic E-state index is -0.371. The van der Waals surface area contributed by atoms with Crippen LogP contribution in [0.5, 0.6) is 0 Å². The summed E-state index contributed by atoms with van der Waals surface area (Å²) >= 11 is 6.20. The van der Waals surface area contributed by atoms with Crippen molar-refractivity contribution in [3.63, 3.8) is 0 Å². The Morgan fingerprint density at radius 3 is 2.35 bits per heavy atom. The molecular formula is C18H16ClFN2O. The molecule has 3 aromatic rings. The molecular weight excluding hydrogens is 315 g/mol. The van der Waals surface area contributed by atoms with E-state index in [1.165, 1.54) is 16.7 Å². The van der Waals surface area contributed by atoms with Crippen LogP contribution in [0, 0.1) is 5.82 Å². The van der Waals surface area contributed by atoms with E-state index in [-0.39, 0.29) is 16.8 Å². The van der Waals surface area contributed by atoms with Crippen LogP contribution >= 0.6 is 11.6 Å². The zero-order valence-corrected chi connectivity index (χ0v) is 13.9. The summed E-state index contributed by atoms with van der Waals surface area (Å²) in [6, 6.07) is 11.0. The van der Waals surface area contributed by atoms with Crippen LogP contribution in [0.3, 0.4) is 0 Å². The Morgan fingerprint density at radius 1 is 1.09 bits per heavy atom. The number of halogens is 2. The third kappa shape index (κ3) is 2.75. The molecule has 0 radical (unpaired) electrons. The minimum Gasteiger partial charge on any atom is -0.268 e. The van der Waals surface area contributed by atoms with Gasteiger partial charge in [-0.25, -0.2) is 9.37 Å². The van der Waals surface area contributed by atoms with E-state index in [4.69, 9.17) is 11.6 Å². The fourth-order valence-corrected chi connectivity index (χ4v) is 2.77. The predicted octanol–water partition coefficient (Wildman–Crippen LogP) is 4.48. The molecule has 23 heavy (non-hydrogen) atoms. The van der Waals surface area contributed by atoms with Crippen molar-refractivity contribution < 1.29 is 4.39 Å². The minimum absolute atomic E-state index is 0.253. The van der Waals surface area contributed by atoms with Crippen LogP contribution in [0.4, 0.5) is 4.39 Å². The maximum Gasteiger partial charge on any atom is 0.267 e. The Labute approximate surface area is 138 Å².